The highest BCUT2D eigenvalue weighted by Crippen LogP contribution is 2.27. The molecule has 1 atom stereocenters. The maximum atomic E-state index is 13.0. The molecule has 1 aromatic carbocycles. The molecule has 1 heterocycles. The summed E-state index contributed by atoms with van der Waals surface area (Å²) in [7, 11) is 0. The fourth-order valence-electron chi connectivity index (χ4n) is 1.51. The summed E-state index contributed by atoms with van der Waals surface area (Å²) in [6, 6.07) is 2.06. The Morgan fingerprint density at radius 1 is 1.47 bits per heavy atom. The van der Waals surface area contributed by atoms with Crippen LogP contribution in [0.4, 0.5) is 13.9 Å². The van der Waals surface area contributed by atoms with Gasteiger partial charge in [-0.3, -0.25) is 10.1 Å². The highest BCUT2D eigenvalue weighted by Gasteiger charge is 2.15. The van der Waals surface area contributed by atoms with Gasteiger partial charge in [0.05, 0.1) is 10.2 Å². The number of nitrogens with one attached hydrogen (secondary N) is 1. The number of anilines is 1. The number of ether oxygens (including phenoxy) is 1. The fourth-order valence-corrected chi connectivity index (χ4v) is 2.39. The lowest BCUT2D eigenvalue weighted by molar-refractivity contribution is -0.126. The summed E-state index contributed by atoms with van der Waals surface area (Å²) in [6.07, 6.45) is -0.606. The lowest BCUT2D eigenvalue weighted by Crippen LogP contribution is -2.27. The van der Waals surface area contributed by atoms with Crippen LogP contribution in [-0.4, -0.2) is 23.6 Å². The Kier molecular flexibility index (Phi) is 4.06. The molecule has 2 rings (SSSR count). The molecule has 0 fully saturated rings. The first kappa shape index (κ1) is 13.8. The molecule has 0 unspecified atom stereocenters. The Morgan fingerprint density at radius 2 is 2.16 bits per heavy atom. The van der Waals surface area contributed by atoms with Gasteiger partial charge < -0.3 is 4.74 Å². The predicted octanol–water partition coefficient (Wildman–Crippen LogP) is 2.94. The van der Waals surface area contributed by atoms with E-state index in [1.54, 1.807) is 13.8 Å². The Balaban J connectivity index is 2.20. The maximum absolute atomic E-state index is 13.0. The van der Waals surface area contributed by atoms with Gasteiger partial charge in [0.2, 0.25) is 0 Å². The molecular formula is C12H12F2N2O2S. The second-order valence-electron chi connectivity index (χ2n) is 3.84. The lowest BCUT2D eigenvalue weighted by Gasteiger charge is -2.09. The van der Waals surface area contributed by atoms with Crippen molar-refractivity contribution >= 4 is 32.6 Å². The molecule has 2 aromatic rings. The van der Waals surface area contributed by atoms with Gasteiger partial charge in [-0.25, -0.2) is 13.8 Å². The van der Waals surface area contributed by atoms with Crippen molar-refractivity contribution in [1.29, 1.82) is 0 Å². The third kappa shape index (κ3) is 3.05. The Labute approximate surface area is 112 Å². The number of rotatable bonds is 4. The van der Waals surface area contributed by atoms with Gasteiger partial charge in [-0.1, -0.05) is 11.3 Å². The number of fused-ring (bicyclic) bond motifs is 1. The van der Waals surface area contributed by atoms with Gasteiger partial charge in [-0.05, 0) is 19.9 Å². The third-order valence-corrected chi connectivity index (χ3v) is 3.38. The molecule has 19 heavy (non-hydrogen) atoms. The second kappa shape index (κ2) is 5.58. The normalized spacial score (nSPS) is 12.6. The van der Waals surface area contributed by atoms with E-state index in [0.717, 1.165) is 23.5 Å². The van der Waals surface area contributed by atoms with E-state index in [2.05, 4.69) is 10.3 Å². The zero-order chi connectivity index (χ0) is 14.0. The van der Waals surface area contributed by atoms with Crippen LogP contribution < -0.4 is 5.32 Å². The topological polar surface area (TPSA) is 51.2 Å². The second-order valence-corrected chi connectivity index (χ2v) is 4.87. The zero-order valence-corrected chi connectivity index (χ0v) is 11.2. The minimum absolute atomic E-state index is 0.288. The van der Waals surface area contributed by atoms with Crippen LogP contribution in [0.1, 0.15) is 13.8 Å². The molecule has 0 saturated carbocycles. The molecule has 0 spiro atoms. The summed E-state index contributed by atoms with van der Waals surface area (Å²) in [5, 5.41) is 2.84. The summed E-state index contributed by atoms with van der Waals surface area (Å²) in [4.78, 5) is 15.7. The molecule has 1 aromatic heterocycles. The van der Waals surface area contributed by atoms with Crippen LogP contribution in [0.25, 0.3) is 10.2 Å². The van der Waals surface area contributed by atoms with Crippen LogP contribution in [0.15, 0.2) is 12.1 Å². The van der Waals surface area contributed by atoms with Crippen molar-refractivity contribution in [3.63, 3.8) is 0 Å². The standard InChI is InChI=1S/C12H12F2N2O2S/c1-3-18-6(2)11(17)16-12-15-9-4-7(13)8(14)5-10(9)19-12/h4-6H,3H2,1-2H3,(H,15,16,17)/t6-/m1/s1. The molecule has 0 aliphatic rings. The van der Waals surface area contributed by atoms with Gasteiger partial charge in [0.1, 0.15) is 6.10 Å². The van der Waals surface area contributed by atoms with Gasteiger partial charge in [-0.15, -0.1) is 0 Å². The first-order valence-corrected chi connectivity index (χ1v) is 6.51. The van der Waals surface area contributed by atoms with Gasteiger partial charge in [0.15, 0.2) is 16.8 Å². The number of carbonyl (C=O) groups is 1. The Morgan fingerprint density at radius 3 is 2.84 bits per heavy atom. The van der Waals surface area contributed by atoms with Gasteiger partial charge in [-0.2, -0.15) is 0 Å². The quantitative estimate of drug-likeness (QED) is 0.940. The summed E-state index contributed by atoms with van der Waals surface area (Å²) < 4.78 is 31.7. The van der Waals surface area contributed by atoms with E-state index in [1.807, 2.05) is 0 Å². The van der Waals surface area contributed by atoms with Crippen molar-refractivity contribution in [3.8, 4) is 0 Å². The monoisotopic (exact) mass is 286 g/mol. The molecule has 4 nitrogen and oxygen atoms in total. The van der Waals surface area contributed by atoms with Gasteiger partial charge in [0.25, 0.3) is 5.91 Å². The molecule has 0 aliphatic heterocycles. The molecular weight excluding hydrogens is 274 g/mol. The molecule has 0 saturated heterocycles. The van der Waals surface area contributed by atoms with Crippen LogP contribution in [0, 0.1) is 11.6 Å². The molecule has 7 heteroatoms. The van der Waals surface area contributed by atoms with Crippen molar-refractivity contribution in [3.05, 3.63) is 23.8 Å². The minimum atomic E-state index is -0.960. The lowest BCUT2D eigenvalue weighted by atomic mass is 10.3. The molecule has 1 N–H and O–H groups in total. The van der Waals surface area contributed by atoms with Crippen LogP contribution in [-0.2, 0) is 9.53 Å². The molecule has 0 bridgehead atoms. The Hall–Kier alpha value is -1.60. The van der Waals surface area contributed by atoms with E-state index in [9.17, 15) is 13.6 Å². The van der Waals surface area contributed by atoms with E-state index in [0.29, 0.717) is 16.8 Å². The first-order chi connectivity index (χ1) is 9.01. The van der Waals surface area contributed by atoms with Gasteiger partial charge in [0, 0.05) is 12.7 Å². The third-order valence-electron chi connectivity index (χ3n) is 2.45. The van der Waals surface area contributed by atoms with E-state index < -0.39 is 17.7 Å². The minimum Gasteiger partial charge on any atom is -0.369 e. The Bertz CT molecular complexity index is 576. The van der Waals surface area contributed by atoms with E-state index >= 15 is 0 Å². The number of carbonyl (C=O) groups excluding carboxylic acids is 1. The average molecular weight is 286 g/mol. The highest BCUT2D eigenvalue weighted by molar-refractivity contribution is 7.22. The van der Waals surface area contributed by atoms with E-state index in [1.165, 1.54) is 0 Å². The first-order valence-electron chi connectivity index (χ1n) is 5.69. The SMILES string of the molecule is CCO[C@H](C)C(=O)Nc1nc2cc(F)c(F)cc2s1. The number of aromatic nitrogens is 1. The van der Waals surface area contributed by atoms with Crippen molar-refractivity contribution in [2.75, 3.05) is 11.9 Å². The van der Waals surface area contributed by atoms with Gasteiger partial charge >= 0.3 is 0 Å². The summed E-state index contributed by atoms with van der Waals surface area (Å²) in [5.74, 6) is -2.24. The van der Waals surface area contributed by atoms with Crippen molar-refractivity contribution in [2.45, 2.75) is 20.0 Å². The van der Waals surface area contributed by atoms with Crippen LogP contribution in [0.2, 0.25) is 0 Å². The maximum Gasteiger partial charge on any atom is 0.254 e. The predicted molar refractivity (Wildman–Crippen MR) is 69.3 cm³/mol. The van der Waals surface area contributed by atoms with E-state index in [-0.39, 0.29) is 11.0 Å². The van der Waals surface area contributed by atoms with Crippen molar-refractivity contribution < 1.29 is 18.3 Å². The molecule has 1 amide bonds. The molecule has 0 radical (unpaired) electrons. The summed E-state index contributed by atoms with van der Waals surface area (Å²) in [6.45, 7) is 3.82. The number of hydrogen-bond acceptors (Lipinski definition) is 4. The smallest absolute Gasteiger partial charge is 0.254 e. The largest absolute Gasteiger partial charge is 0.369 e. The number of nitrogens with zero attached hydrogens (tertiary/aromatic N) is 1. The highest BCUT2D eigenvalue weighted by atomic mass is 32.1. The van der Waals surface area contributed by atoms with Crippen LogP contribution in [0.5, 0.6) is 0 Å². The number of thiazole rings is 1. The van der Waals surface area contributed by atoms with Crippen molar-refractivity contribution in [2.24, 2.45) is 0 Å². The van der Waals surface area contributed by atoms with Crippen LogP contribution >= 0.6 is 11.3 Å². The van der Waals surface area contributed by atoms with Crippen molar-refractivity contribution in [1.82, 2.24) is 4.98 Å². The average Bonchev–Trinajstić information content (AvgIpc) is 2.71. The number of halogens is 2. The number of benzene rings is 1. The molecule has 102 valence electrons. The summed E-state index contributed by atoms with van der Waals surface area (Å²) in [5.41, 5.74) is 0.309. The number of amides is 1. The summed E-state index contributed by atoms with van der Waals surface area (Å²) >= 11 is 1.08. The zero-order valence-electron chi connectivity index (χ0n) is 10.4. The fraction of sp³-hybridized carbons (Fsp3) is 0.333. The number of hydrogen-bond donors (Lipinski definition) is 1. The van der Waals surface area contributed by atoms with E-state index in [4.69, 9.17) is 4.74 Å². The van der Waals surface area contributed by atoms with Crippen LogP contribution in [0.3, 0.4) is 0 Å². The molecule has 0 aliphatic carbocycles.